The van der Waals surface area contributed by atoms with E-state index in [1.54, 1.807) is 55.9 Å². The molecule has 3 aromatic rings. The Morgan fingerprint density at radius 3 is 2.61 bits per heavy atom. The monoisotopic (exact) mass is 413 g/mol. The van der Waals surface area contributed by atoms with Gasteiger partial charge in [0.1, 0.15) is 11.6 Å². The van der Waals surface area contributed by atoms with Crippen LogP contribution in [0.1, 0.15) is 45.9 Å². The second-order valence-corrected chi connectivity index (χ2v) is 7.45. The fourth-order valence-electron chi connectivity index (χ4n) is 3.78. The molecule has 31 heavy (non-hydrogen) atoms. The van der Waals surface area contributed by atoms with Crippen molar-refractivity contribution in [2.45, 2.75) is 25.8 Å². The van der Waals surface area contributed by atoms with Gasteiger partial charge in [-0.05, 0) is 43.7 Å². The molecule has 2 aromatic carbocycles. The van der Waals surface area contributed by atoms with Crippen molar-refractivity contribution in [3.63, 3.8) is 0 Å². The van der Waals surface area contributed by atoms with Crippen molar-refractivity contribution in [3.8, 4) is 5.75 Å². The van der Waals surface area contributed by atoms with E-state index in [-0.39, 0.29) is 17.9 Å². The zero-order valence-corrected chi connectivity index (χ0v) is 17.6. The van der Waals surface area contributed by atoms with Crippen LogP contribution in [-0.2, 0) is 4.79 Å². The quantitative estimate of drug-likeness (QED) is 0.456. The minimum atomic E-state index is -0.686. The molecule has 1 aliphatic heterocycles. The molecule has 6 heteroatoms. The van der Waals surface area contributed by atoms with Crippen LogP contribution in [-0.4, -0.2) is 30.1 Å². The van der Waals surface area contributed by atoms with Gasteiger partial charge in [-0.25, -0.2) is 9.88 Å². The zero-order valence-electron chi connectivity index (χ0n) is 17.6. The number of benzene rings is 2. The van der Waals surface area contributed by atoms with E-state index in [0.29, 0.717) is 16.9 Å². The number of rotatable bonds is 5. The molecule has 156 valence electrons. The molecule has 2 atom stereocenters. The summed E-state index contributed by atoms with van der Waals surface area (Å²) >= 11 is 0. The maximum atomic E-state index is 13.4. The Hall–Kier alpha value is -3.80. The second kappa shape index (κ2) is 8.52. The first-order valence-corrected chi connectivity index (χ1v) is 10.1. The number of carbonyl (C=O) groups excluding carboxylic acids is 2. The number of imide groups is 1. The summed E-state index contributed by atoms with van der Waals surface area (Å²) in [5.74, 6) is -0.379. The van der Waals surface area contributed by atoms with Gasteiger partial charge in [0.05, 0.1) is 19.1 Å². The minimum absolute atomic E-state index is 0.226. The van der Waals surface area contributed by atoms with Gasteiger partial charge in [0.25, 0.3) is 5.91 Å². The lowest BCUT2D eigenvalue weighted by atomic mass is 9.89. The number of anilines is 1. The maximum absolute atomic E-state index is 13.4. The third kappa shape index (κ3) is 3.84. The van der Waals surface area contributed by atoms with Gasteiger partial charge in [0, 0.05) is 23.5 Å². The smallest absolute Gasteiger partial charge is 0.266 e. The number of aliphatic imine (C=N–C) groups is 1. The number of amides is 2. The molecule has 0 spiro atoms. The van der Waals surface area contributed by atoms with Crippen molar-refractivity contribution >= 4 is 23.8 Å². The Morgan fingerprint density at radius 2 is 1.87 bits per heavy atom. The molecule has 0 saturated carbocycles. The van der Waals surface area contributed by atoms with Crippen LogP contribution in [0, 0.1) is 6.92 Å². The highest BCUT2D eigenvalue weighted by molar-refractivity contribution is 6.28. The highest BCUT2D eigenvalue weighted by atomic mass is 16.5. The van der Waals surface area contributed by atoms with E-state index >= 15 is 0 Å². The fraction of sp³-hybridized carbons (Fsp3) is 0.200. The average Bonchev–Trinajstić information content (AvgIpc) is 2.79. The first kappa shape index (κ1) is 20.5. The number of aromatic nitrogens is 1. The van der Waals surface area contributed by atoms with Gasteiger partial charge in [0.2, 0.25) is 5.91 Å². The zero-order chi connectivity index (χ0) is 22.0. The lowest BCUT2D eigenvalue weighted by Crippen LogP contribution is -2.46. The summed E-state index contributed by atoms with van der Waals surface area (Å²) in [4.78, 5) is 36.5. The van der Waals surface area contributed by atoms with Gasteiger partial charge >= 0.3 is 0 Å². The molecular formula is C25H23N3O3. The lowest BCUT2D eigenvalue weighted by molar-refractivity contribution is -0.118. The molecule has 1 aliphatic rings. The summed E-state index contributed by atoms with van der Waals surface area (Å²) < 4.78 is 5.48. The van der Waals surface area contributed by atoms with Crippen LogP contribution in [0.15, 0.2) is 71.9 Å². The van der Waals surface area contributed by atoms with E-state index in [1.165, 1.54) is 0 Å². The van der Waals surface area contributed by atoms with Crippen molar-refractivity contribution in [2.24, 2.45) is 4.99 Å². The summed E-state index contributed by atoms with van der Waals surface area (Å²) in [6.07, 6.45) is 3.20. The summed E-state index contributed by atoms with van der Waals surface area (Å²) in [6, 6.07) is 18.0. The van der Waals surface area contributed by atoms with Gasteiger partial charge in [-0.1, -0.05) is 42.0 Å². The average molecular weight is 413 g/mol. The van der Waals surface area contributed by atoms with Gasteiger partial charge in [-0.2, -0.15) is 0 Å². The topological polar surface area (TPSA) is 71.9 Å². The van der Waals surface area contributed by atoms with Gasteiger partial charge in [-0.3, -0.25) is 14.6 Å². The van der Waals surface area contributed by atoms with Gasteiger partial charge in [0.15, 0.2) is 0 Å². The maximum Gasteiger partial charge on any atom is 0.266 e. The van der Waals surface area contributed by atoms with Crippen LogP contribution in [0.2, 0.25) is 0 Å². The summed E-state index contributed by atoms with van der Waals surface area (Å²) in [7, 11) is 1.63. The molecule has 1 aromatic heterocycles. The van der Waals surface area contributed by atoms with Crippen LogP contribution in [0.5, 0.6) is 5.75 Å². The van der Waals surface area contributed by atoms with Crippen molar-refractivity contribution in [3.05, 3.63) is 89.1 Å². The summed E-state index contributed by atoms with van der Waals surface area (Å²) in [5, 5.41) is 0. The summed E-state index contributed by atoms with van der Waals surface area (Å²) in [6.45, 7) is 3.96. The first-order chi connectivity index (χ1) is 15.0. The van der Waals surface area contributed by atoms with Crippen molar-refractivity contribution < 1.29 is 14.3 Å². The molecule has 0 N–H and O–H groups in total. The second-order valence-electron chi connectivity index (χ2n) is 7.45. The normalized spacial score (nSPS) is 17.0. The standard InChI is InChI=1S/C25H23N3O3/c1-16-11-12-22(31-3)20(14-16)17(2)27-15-21-18-8-4-5-9-19(18)24(29)28(25(21)30)23-10-6-7-13-26-23/h4-15,17,21H,1-3H3/t17-,21?/m0/s1. The predicted octanol–water partition coefficient (Wildman–Crippen LogP) is 4.50. The Kier molecular flexibility index (Phi) is 5.62. The van der Waals surface area contributed by atoms with E-state index in [4.69, 9.17) is 4.74 Å². The third-order valence-electron chi connectivity index (χ3n) is 5.39. The minimum Gasteiger partial charge on any atom is -0.496 e. The largest absolute Gasteiger partial charge is 0.496 e. The predicted molar refractivity (Wildman–Crippen MR) is 120 cm³/mol. The van der Waals surface area contributed by atoms with Gasteiger partial charge < -0.3 is 4.74 Å². The molecule has 1 unspecified atom stereocenters. The molecule has 0 fully saturated rings. The van der Waals surface area contributed by atoms with Crippen molar-refractivity contribution in [1.82, 2.24) is 4.98 Å². The number of aryl methyl sites for hydroxylation is 1. The number of hydrogen-bond acceptors (Lipinski definition) is 5. The number of hydrogen-bond donors (Lipinski definition) is 0. The highest BCUT2D eigenvalue weighted by Crippen LogP contribution is 2.33. The Morgan fingerprint density at radius 1 is 1.10 bits per heavy atom. The molecule has 2 amide bonds. The van der Waals surface area contributed by atoms with E-state index < -0.39 is 5.92 Å². The van der Waals surface area contributed by atoms with Crippen LogP contribution in [0.3, 0.4) is 0 Å². The number of pyridine rings is 1. The summed E-state index contributed by atoms with van der Waals surface area (Å²) in [5.41, 5.74) is 3.17. The van der Waals surface area contributed by atoms with Gasteiger partial charge in [-0.15, -0.1) is 0 Å². The molecule has 2 heterocycles. The van der Waals surface area contributed by atoms with Crippen LogP contribution in [0.25, 0.3) is 0 Å². The lowest BCUT2D eigenvalue weighted by Gasteiger charge is -2.30. The number of methoxy groups -OCH3 is 1. The molecular weight excluding hydrogens is 390 g/mol. The van der Waals surface area contributed by atoms with E-state index in [9.17, 15) is 9.59 Å². The molecule has 4 rings (SSSR count). The van der Waals surface area contributed by atoms with Crippen LogP contribution in [0.4, 0.5) is 5.82 Å². The van der Waals surface area contributed by atoms with E-state index in [2.05, 4.69) is 9.98 Å². The fourth-order valence-corrected chi connectivity index (χ4v) is 3.78. The first-order valence-electron chi connectivity index (χ1n) is 10.1. The van der Waals surface area contributed by atoms with Crippen molar-refractivity contribution in [2.75, 3.05) is 12.0 Å². The SMILES string of the molecule is COc1ccc(C)cc1[C@H](C)N=CC1C(=O)N(c2ccccn2)C(=O)c2ccccc21. The van der Waals surface area contributed by atoms with Crippen LogP contribution < -0.4 is 9.64 Å². The van der Waals surface area contributed by atoms with E-state index in [1.807, 2.05) is 38.1 Å². The van der Waals surface area contributed by atoms with Crippen molar-refractivity contribution in [1.29, 1.82) is 0 Å². The third-order valence-corrected chi connectivity index (χ3v) is 5.39. The Labute approximate surface area is 181 Å². The molecule has 6 nitrogen and oxygen atoms in total. The molecule has 0 saturated heterocycles. The number of fused-ring (bicyclic) bond motifs is 1. The Balaban J connectivity index is 1.73. The Bertz CT molecular complexity index is 1160. The molecule has 0 aliphatic carbocycles. The van der Waals surface area contributed by atoms with Crippen LogP contribution >= 0.6 is 0 Å². The number of carbonyl (C=O) groups is 2. The highest BCUT2D eigenvalue weighted by Gasteiger charge is 2.39. The number of nitrogens with zero attached hydrogens (tertiary/aromatic N) is 3. The number of ether oxygens (including phenoxy) is 1. The van der Waals surface area contributed by atoms with E-state index in [0.717, 1.165) is 21.8 Å². The molecule has 0 radical (unpaired) electrons. The molecule has 0 bridgehead atoms.